The van der Waals surface area contributed by atoms with Crippen molar-refractivity contribution in [2.24, 2.45) is 5.92 Å². The molecule has 5 nitrogen and oxygen atoms in total. The third-order valence-corrected chi connectivity index (χ3v) is 4.36. The highest BCUT2D eigenvalue weighted by Crippen LogP contribution is 2.30. The fourth-order valence-corrected chi connectivity index (χ4v) is 3.03. The molecule has 1 saturated carbocycles. The number of amides is 1. The van der Waals surface area contributed by atoms with Gasteiger partial charge in [-0.2, -0.15) is 0 Å². The lowest BCUT2D eigenvalue weighted by Crippen LogP contribution is -2.36. The van der Waals surface area contributed by atoms with E-state index >= 15 is 0 Å². The summed E-state index contributed by atoms with van der Waals surface area (Å²) >= 11 is 0. The topological polar surface area (TPSA) is 56.2 Å². The number of carbonyl (C=O) groups excluding carboxylic acids is 1. The number of nitrogens with one attached hydrogen (secondary N) is 1. The first-order chi connectivity index (χ1) is 10.2. The summed E-state index contributed by atoms with van der Waals surface area (Å²) in [7, 11) is 0. The second-order valence-electron chi connectivity index (χ2n) is 6.03. The van der Waals surface area contributed by atoms with Crippen LogP contribution >= 0.6 is 0 Å². The first-order valence-corrected chi connectivity index (χ1v) is 7.56. The number of aryl methyl sites for hydroxylation is 1. The molecule has 0 saturated heterocycles. The minimum absolute atomic E-state index is 0.128. The van der Waals surface area contributed by atoms with Crippen molar-refractivity contribution in [2.45, 2.75) is 32.4 Å². The van der Waals surface area contributed by atoms with Crippen LogP contribution in [0.2, 0.25) is 0 Å². The Kier molecular flexibility index (Phi) is 2.96. The first-order valence-electron chi connectivity index (χ1n) is 7.56. The first kappa shape index (κ1) is 12.8. The highest BCUT2D eigenvalue weighted by atomic mass is 16.5. The van der Waals surface area contributed by atoms with Gasteiger partial charge in [0.05, 0.1) is 23.7 Å². The van der Waals surface area contributed by atoms with Gasteiger partial charge in [0.25, 0.3) is 0 Å². The lowest BCUT2D eigenvalue weighted by atomic mass is 10.2. The average molecular weight is 285 g/mol. The maximum absolute atomic E-state index is 11.8. The molecule has 0 radical (unpaired) electrons. The molecule has 2 heterocycles. The molecule has 110 valence electrons. The van der Waals surface area contributed by atoms with Crippen LogP contribution in [-0.4, -0.2) is 28.6 Å². The molecule has 1 N–H and O–H groups in total. The van der Waals surface area contributed by atoms with Crippen LogP contribution in [-0.2, 0) is 16.1 Å². The Hall–Kier alpha value is -1.88. The number of aromatic nitrogens is 2. The zero-order valence-electron chi connectivity index (χ0n) is 12.1. The van der Waals surface area contributed by atoms with Crippen molar-refractivity contribution in [3.63, 3.8) is 0 Å². The normalized spacial score (nSPS) is 21.3. The molecular weight excluding hydrogens is 266 g/mol. The van der Waals surface area contributed by atoms with Crippen LogP contribution in [0.3, 0.4) is 0 Å². The maximum Gasteiger partial charge on any atom is 0.223 e. The summed E-state index contributed by atoms with van der Waals surface area (Å²) < 4.78 is 7.89. The van der Waals surface area contributed by atoms with Gasteiger partial charge in [0.15, 0.2) is 0 Å². The molecule has 5 heteroatoms. The fraction of sp³-hybridized carbons (Fsp3) is 0.500. The molecule has 1 aromatic carbocycles. The molecule has 2 aromatic rings. The van der Waals surface area contributed by atoms with E-state index in [9.17, 15) is 4.79 Å². The van der Waals surface area contributed by atoms with Crippen molar-refractivity contribution in [3.8, 4) is 0 Å². The maximum atomic E-state index is 11.8. The van der Waals surface area contributed by atoms with Crippen molar-refractivity contribution in [1.82, 2.24) is 14.9 Å². The van der Waals surface area contributed by atoms with Gasteiger partial charge in [-0.25, -0.2) is 4.98 Å². The van der Waals surface area contributed by atoms with Crippen molar-refractivity contribution >= 4 is 16.9 Å². The molecule has 1 atom stereocenters. The summed E-state index contributed by atoms with van der Waals surface area (Å²) in [5.41, 5.74) is 3.35. The number of para-hydroxylation sites is 1. The Morgan fingerprint density at radius 2 is 2.33 bits per heavy atom. The predicted molar refractivity (Wildman–Crippen MR) is 78.9 cm³/mol. The average Bonchev–Trinajstić information content (AvgIpc) is 3.26. The Morgan fingerprint density at radius 1 is 1.48 bits per heavy atom. The van der Waals surface area contributed by atoms with Crippen LogP contribution in [0.1, 0.15) is 30.3 Å². The highest BCUT2D eigenvalue weighted by Gasteiger charge is 2.31. The molecule has 1 aromatic heterocycles. The predicted octanol–water partition coefficient (Wildman–Crippen LogP) is 1.94. The second kappa shape index (κ2) is 4.84. The van der Waals surface area contributed by atoms with Crippen molar-refractivity contribution in [3.05, 3.63) is 29.6 Å². The van der Waals surface area contributed by atoms with Gasteiger partial charge in [-0.15, -0.1) is 0 Å². The molecule has 1 unspecified atom stereocenters. The summed E-state index contributed by atoms with van der Waals surface area (Å²) in [5, 5.41) is 3.06. The van der Waals surface area contributed by atoms with Gasteiger partial charge >= 0.3 is 0 Å². The number of imidazole rings is 1. The molecular formula is C16H19N3O2. The van der Waals surface area contributed by atoms with E-state index in [1.54, 1.807) is 0 Å². The molecule has 1 aliphatic heterocycles. The van der Waals surface area contributed by atoms with E-state index in [1.165, 1.54) is 5.56 Å². The Bertz CT molecular complexity index is 703. The van der Waals surface area contributed by atoms with Gasteiger partial charge in [0.2, 0.25) is 5.91 Å². The third-order valence-electron chi connectivity index (χ3n) is 4.36. The van der Waals surface area contributed by atoms with Crippen LogP contribution in [0.4, 0.5) is 0 Å². The van der Waals surface area contributed by atoms with Crippen LogP contribution in [0.15, 0.2) is 18.2 Å². The summed E-state index contributed by atoms with van der Waals surface area (Å²) in [6, 6.07) is 6.36. The standard InChI is InChI=1S/C16H19N3O2/c1-10-3-2-4-13-15(10)18-14-9-21-8-12(19(13)14)7-17-16(20)11-5-6-11/h2-4,11-12H,5-9H2,1H3,(H,17,20). The third kappa shape index (κ3) is 2.21. The number of fused-ring (bicyclic) bond motifs is 3. The second-order valence-corrected chi connectivity index (χ2v) is 6.03. The van der Waals surface area contributed by atoms with E-state index in [-0.39, 0.29) is 17.9 Å². The van der Waals surface area contributed by atoms with E-state index < -0.39 is 0 Å². The quantitative estimate of drug-likeness (QED) is 0.937. The number of nitrogens with zero attached hydrogens (tertiary/aromatic N) is 2. The van der Waals surface area contributed by atoms with Gasteiger partial charge in [0, 0.05) is 12.5 Å². The number of rotatable bonds is 3. The SMILES string of the molecule is Cc1cccc2c1nc1n2C(CNC(=O)C2CC2)COC1. The molecule has 0 bridgehead atoms. The Morgan fingerprint density at radius 3 is 3.14 bits per heavy atom. The lowest BCUT2D eigenvalue weighted by molar-refractivity contribution is -0.122. The lowest BCUT2D eigenvalue weighted by Gasteiger charge is -2.26. The minimum Gasteiger partial charge on any atom is -0.371 e. The van der Waals surface area contributed by atoms with E-state index in [0.29, 0.717) is 19.8 Å². The van der Waals surface area contributed by atoms with E-state index in [1.807, 2.05) is 0 Å². The minimum atomic E-state index is 0.128. The van der Waals surface area contributed by atoms with E-state index in [2.05, 4.69) is 35.0 Å². The molecule has 4 rings (SSSR count). The monoisotopic (exact) mass is 285 g/mol. The summed E-state index contributed by atoms with van der Waals surface area (Å²) in [5.74, 6) is 1.38. The van der Waals surface area contributed by atoms with Crippen molar-refractivity contribution in [2.75, 3.05) is 13.2 Å². The number of ether oxygens (including phenoxy) is 1. The zero-order chi connectivity index (χ0) is 14.4. The Labute approximate surface area is 123 Å². The number of hydrogen-bond donors (Lipinski definition) is 1. The summed E-state index contributed by atoms with van der Waals surface area (Å²) in [4.78, 5) is 16.5. The number of benzene rings is 1. The smallest absolute Gasteiger partial charge is 0.223 e. The van der Waals surface area contributed by atoms with Crippen LogP contribution in [0, 0.1) is 12.8 Å². The molecule has 1 fully saturated rings. The van der Waals surface area contributed by atoms with Gasteiger partial charge in [0.1, 0.15) is 12.4 Å². The van der Waals surface area contributed by atoms with Crippen LogP contribution in [0.5, 0.6) is 0 Å². The van der Waals surface area contributed by atoms with Gasteiger partial charge in [-0.1, -0.05) is 12.1 Å². The number of hydrogen-bond acceptors (Lipinski definition) is 3. The van der Waals surface area contributed by atoms with Crippen LogP contribution in [0.25, 0.3) is 11.0 Å². The highest BCUT2D eigenvalue weighted by molar-refractivity contribution is 5.81. The molecule has 2 aliphatic rings. The zero-order valence-corrected chi connectivity index (χ0v) is 12.1. The Balaban J connectivity index is 1.64. The van der Waals surface area contributed by atoms with Gasteiger partial charge in [-0.05, 0) is 31.4 Å². The largest absolute Gasteiger partial charge is 0.371 e. The number of carbonyl (C=O) groups is 1. The molecule has 1 amide bonds. The summed E-state index contributed by atoms with van der Waals surface area (Å²) in [6.07, 6.45) is 2.07. The van der Waals surface area contributed by atoms with E-state index in [0.717, 1.165) is 29.7 Å². The molecule has 0 spiro atoms. The molecule has 21 heavy (non-hydrogen) atoms. The van der Waals surface area contributed by atoms with Crippen molar-refractivity contribution < 1.29 is 9.53 Å². The molecule has 1 aliphatic carbocycles. The van der Waals surface area contributed by atoms with E-state index in [4.69, 9.17) is 9.72 Å². The summed E-state index contributed by atoms with van der Waals surface area (Å²) in [6.45, 7) is 3.85. The van der Waals surface area contributed by atoms with Gasteiger partial charge in [-0.3, -0.25) is 4.79 Å². The van der Waals surface area contributed by atoms with Gasteiger partial charge < -0.3 is 14.6 Å². The van der Waals surface area contributed by atoms with Crippen LogP contribution < -0.4 is 5.32 Å². The fourth-order valence-electron chi connectivity index (χ4n) is 3.03. The van der Waals surface area contributed by atoms with Crippen molar-refractivity contribution in [1.29, 1.82) is 0 Å².